The van der Waals surface area contributed by atoms with Crippen molar-refractivity contribution in [2.75, 3.05) is 13.1 Å². The van der Waals surface area contributed by atoms with E-state index in [0.717, 1.165) is 29.5 Å². The summed E-state index contributed by atoms with van der Waals surface area (Å²) in [6.45, 7) is 4.09. The van der Waals surface area contributed by atoms with Crippen LogP contribution in [-0.2, 0) is 0 Å². The van der Waals surface area contributed by atoms with Crippen molar-refractivity contribution in [3.05, 3.63) is 35.9 Å². The van der Waals surface area contributed by atoms with Crippen molar-refractivity contribution in [2.24, 2.45) is 5.10 Å². The highest BCUT2D eigenvalue weighted by Gasteiger charge is 2.11. The topological polar surface area (TPSA) is 27.6 Å². The molecule has 19 heavy (non-hydrogen) atoms. The van der Waals surface area contributed by atoms with Gasteiger partial charge in [-0.1, -0.05) is 43.2 Å². The van der Waals surface area contributed by atoms with Gasteiger partial charge in [0.25, 0.3) is 0 Å². The summed E-state index contributed by atoms with van der Waals surface area (Å²) < 4.78 is 0. The summed E-state index contributed by atoms with van der Waals surface area (Å²) in [5, 5.41) is 5.13. The average molecular weight is 275 g/mol. The summed E-state index contributed by atoms with van der Waals surface area (Å²) in [7, 11) is 0. The summed E-state index contributed by atoms with van der Waals surface area (Å²) in [4.78, 5) is 2.23. The molecule has 1 aromatic carbocycles. The lowest BCUT2D eigenvalue weighted by Crippen LogP contribution is -2.38. The molecular formula is C15H21N3S. The predicted molar refractivity (Wildman–Crippen MR) is 84.4 cm³/mol. The lowest BCUT2D eigenvalue weighted by Gasteiger charge is -2.22. The molecule has 1 heterocycles. The zero-order valence-electron chi connectivity index (χ0n) is 11.4. The molecule has 2 rings (SSSR count). The number of hydrogen-bond donors (Lipinski definition) is 1. The Morgan fingerprint density at radius 1 is 1.11 bits per heavy atom. The maximum Gasteiger partial charge on any atom is 0.189 e. The van der Waals surface area contributed by atoms with Gasteiger partial charge in [-0.2, -0.15) is 5.10 Å². The van der Waals surface area contributed by atoms with Gasteiger partial charge in [0.15, 0.2) is 5.11 Å². The van der Waals surface area contributed by atoms with Gasteiger partial charge in [-0.05, 0) is 37.5 Å². The van der Waals surface area contributed by atoms with Crippen LogP contribution >= 0.6 is 12.2 Å². The molecule has 1 fully saturated rings. The Morgan fingerprint density at radius 2 is 1.74 bits per heavy atom. The molecular weight excluding hydrogens is 254 g/mol. The number of thiocarbonyl (C=S) groups is 1. The number of hydrogen-bond acceptors (Lipinski definition) is 2. The summed E-state index contributed by atoms with van der Waals surface area (Å²) in [6.07, 6.45) is 5.07. The Hall–Kier alpha value is -1.42. The molecule has 0 saturated carbocycles. The van der Waals surface area contributed by atoms with E-state index in [-0.39, 0.29) is 0 Å². The molecule has 4 heteroatoms. The minimum atomic E-state index is 0.747. The summed E-state index contributed by atoms with van der Waals surface area (Å²) >= 11 is 5.41. The van der Waals surface area contributed by atoms with E-state index in [9.17, 15) is 0 Å². The smallest absolute Gasteiger partial charge is 0.189 e. The lowest BCUT2D eigenvalue weighted by molar-refractivity contribution is 0.428. The lowest BCUT2D eigenvalue weighted by atomic mass is 10.1. The van der Waals surface area contributed by atoms with Gasteiger partial charge in [-0.3, -0.25) is 5.43 Å². The van der Waals surface area contributed by atoms with Gasteiger partial charge in [-0.25, -0.2) is 0 Å². The number of hydrazone groups is 1. The van der Waals surface area contributed by atoms with Crippen molar-refractivity contribution in [3.8, 4) is 0 Å². The summed E-state index contributed by atoms with van der Waals surface area (Å²) in [5.74, 6) is 0. The molecule has 0 amide bonds. The third-order valence-corrected chi connectivity index (χ3v) is 3.75. The van der Waals surface area contributed by atoms with E-state index in [1.54, 1.807) is 0 Å². The van der Waals surface area contributed by atoms with Gasteiger partial charge >= 0.3 is 0 Å². The van der Waals surface area contributed by atoms with Crippen LogP contribution in [0.25, 0.3) is 0 Å². The second kappa shape index (κ2) is 7.24. The van der Waals surface area contributed by atoms with Crippen LogP contribution in [0.15, 0.2) is 35.4 Å². The molecule has 0 unspecified atom stereocenters. The zero-order valence-corrected chi connectivity index (χ0v) is 12.2. The Bertz CT molecular complexity index is 434. The molecule has 0 spiro atoms. The van der Waals surface area contributed by atoms with Crippen molar-refractivity contribution < 1.29 is 0 Å². The number of likely N-dealkylation sites (tertiary alicyclic amines) is 1. The molecule has 0 bridgehead atoms. The first-order valence-electron chi connectivity index (χ1n) is 6.92. The predicted octanol–water partition coefficient (Wildman–Crippen LogP) is 3.16. The first-order chi connectivity index (χ1) is 9.27. The van der Waals surface area contributed by atoms with E-state index < -0.39 is 0 Å². The molecule has 1 aromatic rings. The van der Waals surface area contributed by atoms with Gasteiger partial charge in [0, 0.05) is 13.1 Å². The fourth-order valence-corrected chi connectivity index (χ4v) is 2.45. The maximum absolute atomic E-state index is 5.41. The van der Waals surface area contributed by atoms with Gasteiger partial charge in [-0.15, -0.1) is 0 Å². The van der Waals surface area contributed by atoms with Crippen LogP contribution in [0.4, 0.5) is 0 Å². The van der Waals surface area contributed by atoms with E-state index in [1.807, 2.05) is 25.1 Å². The highest BCUT2D eigenvalue weighted by Crippen LogP contribution is 2.09. The minimum absolute atomic E-state index is 0.747. The summed E-state index contributed by atoms with van der Waals surface area (Å²) in [5.41, 5.74) is 5.10. The molecule has 0 aliphatic carbocycles. The largest absolute Gasteiger partial charge is 0.348 e. The molecule has 102 valence electrons. The molecule has 1 saturated heterocycles. The molecule has 1 N–H and O–H groups in total. The van der Waals surface area contributed by atoms with Crippen LogP contribution in [0.2, 0.25) is 0 Å². The van der Waals surface area contributed by atoms with E-state index in [0.29, 0.717) is 0 Å². The quantitative estimate of drug-likeness (QED) is 0.510. The molecule has 3 nitrogen and oxygen atoms in total. The second-order valence-electron chi connectivity index (χ2n) is 4.88. The Labute approximate surface area is 120 Å². The molecule has 0 radical (unpaired) electrons. The molecule has 1 aliphatic rings. The van der Waals surface area contributed by atoms with Gasteiger partial charge in [0.2, 0.25) is 0 Å². The van der Waals surface area contributed by atoms with Gasteiger partial charge in [0.05, 0.1) is 5.71 Å². The SMILES string of the molecule is C/C(=N/NC(=S)N1CCCCCC1)c1ccccc1. The van der Waals surface area contributed by atoms with Crippen LogP contribution in [0.3, 0.4) is 0 Å². The van der Waals surface area contributed by atoms with Crippen molar-refractivity contribution >= 4 is 23.0 Å². The van der Waals surface area contributed by atoms with Crippen LogP contribution < -0.4 is 5.43 Å². The molecule has 1 aliphatic heterocycles. The first kappa shape index (κ1) is 14.0. The summed E-state index contributed by atoms with van der Waals surface area (Å²) in [6, 6.07) is 10.1. The standard InChI is InChI=1S/C15H21N3S/c1-13(14-9-5-4-6-10-14)16-17-15(19)18-11-7-2-3-8-12-18/h4-6,9-10H,2-3,7-8,11-12H2,1H3,(H,17,19)/b16-13-. The van der Waals surface area contributed by atoms with E-state index in [1.165, 1.54) is 25.7 Å². The molecule has 0 atom stereocenters. The normalized spacial score (nSPS) is 16.9. The highest BCUT2D eigenvalue weighted by molar-refractivity contribution is 7.80. The van der Waals surface area contributed by atoms with Crippen LogP contribution in [-0.4, -0.2) is 28.8 Å². The van der Waals surface area contributed by atoms with Crippen LogP contribution in [0.1, 0.15) is 38.2 Å². The zero-order chi connectivity index (χ0) is 13.5. The highest BCUT2D eigenvalue weighted by atomic mass is 32.1. The van der Waals surface area contributed by atoms with Crippen LogP contribution in [0, 0.1) is 0 Å². The number of rotatable bonds is 2. The Balaban J connectivity index is 1.91. The van der Waals surface area contributed by atoms with Crippen molar-refractivity contribution in [2.45, 2.75) is 32.6 Å². The monoisotopic (exact) mass is 275 g/mol. The third kappa shape index (κ3) is 4.31. The number of nitrogens with zero attached hydrogens (tertiary/aromatic N) is 2. The number of benzene rings is 1. The first-order valence-corrected chi connectivity index (χ1v) is 7.33. The third-order valence-electron chi connectivity index (χ3n) is 3.40. The second-order valence-corrected chi connectivity index (χ2v) is 5.27. The van der Waals surface area contributed by atoms with E-state index >= 15 is 0 Å². The van der Waals surface area contributed by atoms with E-state index in [4.69, 9.17) is 12.2 Å². The maximum atomic E-state index is 5.41. The van der Waals surface area contributed by atoms with Crippen molar-refractivity contribution in [3.63, 3.8) is 0 Å². The fourth-order valence-electron chi connectivity index (χ4n) is 2.22. The fraction of sp³-hybridized carbons (Fsp3) is 0.467. The Kier molecular flexibility index (Phi) is 5.33. The van der Waals surface area contributed by atoms with Crippen molar-refractivity contribution in [1.29, 1.82) is 0 Å². The molecule has 0 aromatic heterocycles. The Morgan fingerprint density at radius 3 is 2.37 bits per heavy atom. The minimum Gasteiger partial charge on any atom is -0.348 e. The van der Waals surface area contributed by atoms with Crippen molar-refractivity contribution in [1.82, 2.24) is 10.3 Å². The number of nitrogens with one attached hydrogen (secondary N) is 1. The van der Waals surface area contributed by atoms with E-state index in [2.05, 4.69) is 27.6 Å². The van der Waals surface area contributed by atoms with Crippen LogP contribution in [0.5, 0.6) is 0 Å². The average Bonchev–Trinajstić information content (AvgIpc) is 2.74. The van der Waals surface area contributed by atoms with Gasteiger partial charge in [0.1, 0.15) is 0 Å². The van der Waals surface area contributed by atoms with Gasteiger partial charge < -0.3 is 4.90 Å².